The summed E-state index contributed by atoms with van der Waals surface area (Å²) in [5.74, 6) is 0.707. The van der Waals surface area contributed by atoms with Crippen molar-refractivity contribution in [3.63, 3.8) is 0 Å². The molecule has 224 valence electrons. The number of anilines is 1. The van der Waals surface area contributed by atoms with E-state index in [1.807, 2.05) is 24.3 Å². The summed E-state index contributed by atoms with van der Waals surface area (Å²) in [6.45, 7) is 0. The zero-order chi connectivity index (χ0) is 31.5. The summed E-state index contributed by atoms with van der Waals surface area (Å²) in [5, 5.41) is 5.48. The number of hydrogen-bond donors (Lipinski definition) is 2. The fourth-order valence-electron chi connectivity index (χ4n) is 4.16. The molecule has 4 aromatic carbocycles. The number of carbonyl (C=O) groups excluding carboxylic acids is 3. The van der Waals surface area contributed by atoms with Gasteiger partial charge in [-0.15, -0.1) is 0 Å². The van der Waals surface area contributed by atoms with Crippen LogP contribution in [0.1, 0.15) is 31.8 Å². The van der Waals surface area contributed by atoms with Crippen molar-refractivity contribution < 1.29 is 33.3 Å². The molecule has 0 saturated heterocycles. The lowest BCUT2D eigenvalue weighted by atomic mass is 10.1. The first-order valence-corrected chi connectivity index (χ1v) is 13.5. The monoisotopic (exact) mass is 592 g/mol. The average molecular weight is 593 g/mol. The SMILES string of the molecule is COc1ccc(/C=C/C(=O)c2ccc(NC(=O)/C(=C/c3cc(OC)c(OC)cc3OC)NC(=O)c3ccccc3)cc2)cc1. The molecule has 0 heterocycles. The number of rotatable bonds is 12. The Morgan fingerprint density at radius 2 is 1.30 bits per heavy atom. The van der Waals surface area contributed by atoms with Gasteiger partial charge in [0.05, 0.1) is 28.4 Å². The Morgan fingerprint density at radius 1 is 0.659 bits per heavy atom. The summed E-state index contributed by atoms with van der Waals surface area (Å²) in [5.41, 5.74) is 2.50. The highest BCUT2D eigenvalue weighted by Crippen LogP contribution is 2.35. The van der Waals surface area contributed by atoms with Crippen LogP contribution in [-0.4, -0.2) is 46.0 Å². The smallest absolute Gasteiger partial charge is 0.272 e. The normalized spacial score (nSPS) is 11.0. The molecule has 0 aliphatic rings. The predicted molar refractivity (Wildman–Crippen MR) is 169 cm³/mol. The van der Waals surface area contributed by atoms with Gasteiger partial charge in [0, 0.05) is 28.4 Å². The summed E-state index contributed by atoms with van der Waals surface area (Å²) < 4.78 is 21.4. The van der Waals surface area contributed by atoms with Gasteiger partial charge < -0.3 is 29.6 Å². The number of allylic oxidation sites excluding steroid dienone is 1. The second-order valence-corrected chi connectivity index (χ2v) is 9.33. The van der Waals surface area contributed by atoms with Gasteiger partial charge >= 0.3 is 0 Å². The summed E-state index contributed by atoms with van der Waals surface area (Å²) in [6, 6.07) is 25.5. The molecule has 0 saturated carbocycles. The number of benzene rings is 4. The van der Waals surface area contributed by atoms with E-state index in [-0.39, 0.29) is 11.5 Å². The quantitative estimate of drug-likeness (QED) is 0.153. The number of hydrogen-bond acceptors (Lipinski definition) is 7. The van der Waals surface area contributed by atoms with Crippen LogP contribution in [0.4, 0.5) is 5.69 Å². The van der Waals surface area contributed by atoms with E-state index in [0.29, 0.717) is 39.6 Å². The third-order valence-corrected chi connectivity index (χ3v) is 6.53. The van der Waals surface area contributed by atoms with E-state index >= 15 is 0 Å². The van der Waals surface area contributed by atoms with Gasteiger partial charge in [-0.1, -0.05) is 36.4 Å². The number of carbonyl (C=O) groups is 3. The molecule has 2 amide bonds. The lowest BCUT2D eigenvalue weighted by Crippen LogP contribution is -2.30. The van der Waals surface area contributed by atoms with Gasteiger partial charge in [-0.25, -0.2) is 0 Å². The molecule has 0 unspecified atom stereocenters. The highest BCUT2D eigenvalue weighted by atomic mass is 16.5. The molecule has 0 spiro atoms. The van der Waals surface area contributed by atoms with E-state index in [2.05, 4.69) is 10.6 Å². The van der Waals surface area contributed by atoms with Gasteiger partial charge in [0.2, 0.25) is 0 Å². The molecule has 2 N–H and O–H groups in total. The fourth-order valence-corrected chi connectivity index (χ4v) is 4.16. The van der Waals surface area contributed by atoms with Gasteiger partial charge in [0.25, 0.3) is 11.8 Å². The van der Waals surface area contributed by atoms with Gasteiger partial charge in [0.15, 0.2) is 17.3 Å². The van der Waals surface area contributed by atoms with Gasteiger partial charge in [-0.2, -0.15) is 0 Å². The lowest BCUT2D eigenvalue weighted by molar-refractivity contribution is -0.113. The summed E-state index contributed by atoms with van der Waals surface area (Å²) >= 11 is 0. The summed E-state index contributed by atoms with van der Waals surface area (Å²) in [4.78, 5) is 39.3. The van der Waals surface area contributed by atoms with Crippen molar-refractivity contribution >= 4 is 35.4 Å². The van der Waals surface area contributed by atoms with E-state index in [9.17, 15) is 14.4 Å². The number of ether oxygens (including phenoxy) is 4. The molecule has 0 aromatic heterocycles. The molecule has 0 fully saturated rings. The first-order valence-electron chi connectivity index (χ1n) is 13.5. The Hall–Kier alpha value is -5.83. The summed E-state index contributed by atoms with van der Waals surface area (Å²) in [7, 11) is 6.07. The molecule has 0 atom stereocenters. The second-order valence-electron chi connectivity index (χ2n) is 9.33. The van der Waals surface area contributed by atoms with Crippen LogP contribution >= 0.6 is 0 Å². The zero-order valence-corrected chi connectivity index (χ0v) is 24.8. The first kappa shape index (κ1) is 31.1. The Morgan fingerprint density at radius 3 is 1.91 bits per heavy atom. The molecule has 0 aliphatic carbocycles. The molecule has 4 aromatic rings. The number of nitrogens with one attached hydrogen (secondary N) is 2. The van der Waals surface area contributed by atoms with Crippen LogP contribution in [-0.2, 0) is 4.79 Å². The van der Waals surface area contributed by atoms with E-state index in [4.69, 9.17) is 18.9 Å². The van der Waals surface area contributed by atoms with Crippen LogP contribution < -0.4 is 29.6 Å². The van der Waals surface area contributed by atoms with Gasteiger partial charge in [0.1, 0.15) is 17.2 Å². The topological polar surface area (TPSA) is 112 Å². The maximum atomic E-state index is 13.5. The molecule has 4 rings (SSSR count). The standard InChI is InChI=1S/C35H32N2O7/c1-41-28-17-10-23(11-18-28)12-19-30(38)24-13-15-27(16-14-24)36-35(40)29(37-34(39)25-8-6-5-7-9-25)20-26-21-32(43-3)33(44-4)22-31(26)42-2/h5-22H,1-4H3,(H,36,40)(H,37,39)/b19-12+,29-20-. The van der Waals surface area contributed by atoms with Gasteiger partial charge in [-0.3, -0.25) is 14.4 Å². The third-order valence-electron chi connectivity index (χ3n) is 6.53. The minimum absolute atomic E-state index is 0.0491. The Balaban J connectivity index is 1.57. The molecule has 0 bridgehead atoms. The van der Waals surface area contributed by atoms with E-state index in [1.54, 1.807) is 79.9 Å². The van der Waals surface area contributed by atoms with Crippen LogP contribution in [0.15, 0.2) is 103 Å². The van der Waals surface area contributed by atoms with Crippen molar-refractivity contribution in [2.75, 3.05) is 33.8 Å². The lowest BCUT2D eigenvalue weighted by Gasteiger charge is -2.15. The first-order chi connectivity index (χ1) is 21.3. The molecule has 0 aliphatic heterocycles. The van der Waals surface area contributed by atoms with Crippen molar-refractivity contribution in [3.8, 4) is 23.0 Å². The maximum Gasteiger partial charge on any atom is 0.272 e. The van der Waals surface area contributed by atoms with Gasteiger partial charge in [-0.05, 0) is 72.3 Å². The largest absolute Gasteiger partial charge is 0.497 e. The number of amides is 2. The summed E-state index contributed by atoms with van der Waals surface area (Å²) in [6.07, 6.45) is 4.68. The van der Waals surface area contributed by atoms with Crippen molar-refractivity contribution in [1.82, 2.24) is 5.32 Å². The van der Waals surface area contributed by atoms with Crippen molar-refractivity contribution in [3.05, 3.63) is 125 Å². The Bertz CT molecular complexity index is 1680. The van der Waals surface area contributed by atoms with Crippen molar-refractivity contribution in [1.29, 1.82) is 0 Å². The highest BCUT2D eigenvalue weighted by molar-refractivity contribution is 6.11. The molecule has 44 heavy (non-hydrogen) atoms. The van der Waals surface area contributed by atoms with E-state index in [1.165, 1.54) is 33.5 Å². The molecule has 9 nitrogen and oxygen atoms in total. The van der Waals surface area contributed by atoms with Crippen LogP contribution in [0.5, 0.6) is 23.0 Å². The molecule has 0 radical (unpaired) electrons. The molecule has 9 heteroatoms. The zero-order valence-electron chi connectivity index (χ0n) is 24.8. The third kappa shape index (κ3) is 7.92. The second kappa shape index (κ2) is 14.9. The molecular weight excluding hydrogens is 560 g/mol. The number of ketones is 1. The van der Waals surface area contributed by atoms with Crippen molar-refractivity contribution in [2.45, 2.75) is 0 Å². The Labute approximate surface area is 255 Å². The fraction of sp³-hybridized carbons (Fsp3) is 0.114. The van der Waals surface area contributed by atoms with Crippen molar-refractivity contribution in [2.24, 2.45) is 0 Å². The number of methoxy groups -OCH3 is 4. The highest BCUT2D eigenvalue weighted by Gasteiger charge is 2.18. The van der Waals surface area contributed by atoms with Crippen LogP contribution in [0, 0.1) is 0 Å². The van der Waals surface area contributed by atoms with Crippen LogP contribution in [0.25, 0.3) is 12.2 Å². The van der Waals surface area contributed by atoms with Crippen LogP contribution in [0.3, 0.4) is 0 Å². The Kier molecular flexibility index (Phi) is 10.5. The van der Waals surface area contributed by atoms with E-state index < -0.39 is 11.8 Å². The van der Waals surface area contributed by atoms with Crippen LogP contribution in [0.2, 0.25) is 0 Å². The minimum atomic E-state index is -0.593. The van der Waals surface area contributed by atoms with E-state index in [0.717, 1.165) is 11.3 Å². The minimum Gasteiger partial charge on any atom is -0.497 e. The average Bonchev–Trinajstić information content (AvgIpc) is 3.07. The predicted octanol–water partition coefficient (Wildman–Crippen LogP) is 6.03. The molecular formula is C35H32N2O7. The maximum absolute atomic E-state index is 13.5.